The lowest BCUT2D eigenvalue weighted by Gasteiger charge is -1.92. The standard InChI is InChI=1S/C16H16O/c1-14-12-13-16(17-14)11-7-3-6-10-15-8-4-2-5-9-15/h2,4-5,8-9,12-13H,3,7,11H2,1H3. The lowest BCUT2D eigenvalue weighted by molar-refractivity contribution is 0.478. The van der Waals surface area contributed by atoms with Crippen molar-refractivity contribution in [2.75, 3.05) is 0 Å². The molecule has 1 nitrogen and oxygen atoms in total. The molecule has 0 saturated carbocycles. The Morgan fingerprint density at radius 3 is 2.59 bits per heavy atom. The molecule has 0 unspecified atom stereocenters. The molecule has 2 rings (SSSR count). The Balaban J connectivity index is 1.75. The Labute approximate surface area is 102 Å². The first-order valence-corrected chi connectivity index (χ1v) is 5.94. The van der Waals surface area contributed by atoms with Gasteiger partial charge in [0.05, 0.1) is 0 Å². The zero-order valence-electron chi connectivity index (χ0n) is 10.1. The average molecular weight is 224 g/mol. The third-order valence-corrected chi connectivity index (χ3v) is 2.53. The van der Waals surface area contributed by atoms with Crippen molar-refractivity contribution in [1.29, 1.82) is 0 Å². The highest BCUT2D eigenvalue weighted by atomic mass is 16.3. The van der Waals surface area contributed by atoms with Gasteiger partial charge in [-0.05, 0) is 37.6 Å². The van der Waals surface area contributed by atoms with E-state index in [1.165, 1.54) is 0 Å². The predicted molar refractivity (Wildman–Crippen MR) is 69.7 cm³/mol. The van der Waals surface area contributed by atoms with Crippen molar-refractivity contribution >= 4 is 0 Å². The van der Waals surface area contributed by atoms with Gasteiger partial charge in [0.25, 0.3) is 0 Å². The van der Waals surface area contributed by atoms with Gasteiger partial charge in [-0.1, -0.05) is 30.0 Å². The number of unbranched alkanes of at least 4 members (excludes halogenated alkanes) is 1. The summed E-state index contributed by atoms with van der Waals surface area (Å²) in [5.74, 6) is 8.38. The molecular weight excluding hydrogens is 208 g/mol. The van der Waals surface area contributed by atoms with Crippen molar-refractivity contribution in [3.63, 3.8) is 0 Å². The Morgan fingerprint density at radius 1 is 1.06 bits per heavy atom. The second-order valence-corrected chi connectivity index (χ2v) is 4.03. The van der Waals surface area contributed by atoms with Crippen LogP contribution in [0.4, 0.5) is 0 Å². The second-order valence-electron chi connectivity index (χ2n) is 4.03. The highest BCUT2D eigenvalue weighted by Crippen LogP contribution is 2.09. The molecule has 17 heavy (non-hydrogen) atoms. The summed E-state index contributed by atoms with van der Waals surface area (Å²) in [6.07, 6.45) is 2.93. The molecule has 0 amide bonds. The summed E-state index contributed by atoms with van der Waals surface area (Å²) < 4.78 is 5.50. The smallest absolute Gasteiger partial charge is 0.104 e. The van der Waals surface area contributed by atoms with Gasteiger partial charge in [0.15, 0.2) is 0 Å². The van der Waals surface area contributed by atoms with Crippen LogP contribution in [0.15, 0.2) is 46.9 Å². The molecule has 0 spiro atoms. The number of benzene rings is 1. The van der Waals surface area contributed by atoms with Gasteiger partial charge in [-0.2, -0.15) is 0 Å². The van der Waals surface area contributed by atoms with E-state index in [-0.39, 0.29) is 0 Å². The molecule has 0 saturated heterocycles. The zero-order chi connectivity index (χ0) is 11.9. The molecule has 0 atom stereocenters. The largest absolute Gasteiger partial charge is 0.466 e. The average Bonchev–Trinajstić information content (AvgIpc) is 2.76. The first-order valence-electron chi connectivity index (χ1n) is 5.94. The summed E-state index contributed by atoms with van der Waals surface area (Å²) in [5.41, 5.74) is 1.08. The van der Waals surface area contributed by atoms with Crippen molar-refractivity contribution in [3.8, 4) is 11.8 Å². The number of aryl methyl sites for hydroxylation is 2. The summed E-state index contributed by atoms with van der Waals surface area (Å²) in [6.45, 7) is 1.97. The normalized spacial score (nSPS) is 9.71. The van der Waals surface area contributed by atoms with E-state index >= 15 is 0 Å². The summed E-state index contributed by atoms with van der Waals surface area (Å²) in [5, 5.41) is 0. The van der Waals surface area contributed by atoms with E-state index in [2.05, 4.69) is 11.8 Å². The molecule has 86 valence electrons. The molecule has 0 aliphatic rings. The van der Waals surface area contributed by atoms with Crippen LogP contribution in [0.2, 0.25) is 0 Å². The quantitative estimate of drug-likeness (QED) is 0.568. The summed E-state index contributed by atoms with van der Waals surface area (Å²) in [4.78, 5) is 0. The molecule has 0 radical (unpaired) electrons. The number of furan rings is 1. The maximum Gasteiger partial charge on any atom is 0.104 e. The molecular formula is C16H16O. The first kappa shape index (κ1) is 11.5. The Kier molecular flexibility index (Phi) is 4.05. The van der Waals surface area contributed by atoms with E-state index in [9.17, 15) is 0 Å². The van der Waals surface area contributed by atoms with Gasteiger partial charge in [-0.15, -0.1) is 0 Å². The van der Waals surface area contributed by atoms with Crippen molar-refractivity contribution in [1.82, 2.24) is 0 Å². The molecule has 0 fully saturated rings. The molecule has 0 bridgehead atoms. The Bertz CT molecular complexity index is 511. The molecule has 0 N–H and O–H groups in total. The minimum atomic E-state index is 0.911. The zero-order valence-corrected chi connectivity index (χ0v) is 10.1. The minimum Gasteiger partial charge on any atom is -0.466 e. The minimum absolute atomic E-state index is 0.911. The topological polar surface area (TPSA) is 13.1 Å². The maximum absolute atomic E-state index is 5.50. The number of hydrogen-bond acceptors (Lipinski definition) is 1. The van der Waals surface area contributed by atoms with Crippen LogP contribution in [0, 0.1) is 18.8 Å². The van der Waals surface area contributed by atoms with Crippen molar-refractivity contribution in [2.24, 2.45) is 0 Å². The summed E-state index contributed by atoms with van der Waals surface area (Å²) >= 11 is 0. The van der Waals surface area contributed by atoms with Gasteiger partial charge in [0.1, 0.15) is 11.5 Å². The molecule has 0 aliphatic heterocycles. The van der Waals surface area contributed by atoms with Crippen LogP contribution in [0.3, 0.4) is 0 Å². The van der Waals surface area contributed by atoms with Crippen LogP contribution >= 0.6 is 0 Å². The Morgan fingerprint density at radius 2 is 1.88 bits per heavy atom. The van der Waals surface area contributed by atoms with Crippen molar-refractivity contribution in [3.05, 3.63) is 59.5 Å². The molecule has 1 aromatic carbocycles. The number of hydrogen-bond donors (Lipinski definition) is 0. The first-order chi connectivity index (χ1) is 8.34. The van der Waals surface area contributed by atoms with E-state index in [0.29, 0.717) is 0 Å². The van der Waals surface area contributed by atoms with E-state index < -0.39 is 0 Å². The van der Waals surface area contributed by atoms with Gasteiger partial charge in [-0.25, -0.2) is 0 Å². The lowest BCUT2D eigenvalue weighted by atomic mass is 10.2. The van der Waals surface area contributed by atoms with Gasteiger partial charge < -0.3 is 4.42 Å². The fraction of sp³-hybridized carbons (Fsp3) is 0.250. The van der Waals surface area contributed by atoms with Crippen LogP contribution in [0.5, 0.6) is 0 Å². The fourth-order valence-corrected chi connectivity index (χ4v) is 1.66. The van der Waals surface area contributed by atoms with Crippen LogP contribution in [0.1, 0.15) is 29.9 Å². The molecule has 1 heteroatoms. The van der Waals surface area contributed by atoms with Crippen LogP contribution in [-0.4, -0.2) is 0 Å². The van der Waals surface area contributed by atoms with Gasteiger partial charge >= 0.3 is 0 Å². The lowest BCUT2D eigenvalue weighted by Crippen LogP contribution is -1.80. The van der Waals surface area contributed by atoms with E-state index in [0.717, 1.165) is 36.3 Å². The van der Waals surface area contributed by atoms with Crippen molar-refractivity contribution < 1.29 is 4.42 Å². The maximum atomic E-state index is 5.50. The van der Waals surface area contributed by atoms with E-state index in [1.807, 2.05) is 49.4 Å². The highest BCUT2D eigenvalue weighted by Gasteiger charge is 1.96. The predicted octanol–water partition coefficient (Wildman–Crippen LogP) is 3.96. The molecule has 0 aliphatic carbocycles. The highest BCUT2D eigenvalue weighted by molar-refractivity contribution is 5.33. The molecule has 1 heterocycles. The second kappa shape index (κ2) is 5.96. The SMILES string of the molecule is Cc1ccc(CCCC#Cc2ccccc2)o1. The van der Waals surface area contributed by atoms with Crippen LogP contribution < -0.4 is 0 Å². The van der Waals surface area contributed by atoms with Gasteiger partial charge in [-0.3, -0.25) is 0 Å². The summed E-state index contributed by atoms with van der Waals surface area (Å²) in [6, 6.07) is 14.1. The van der Waals surface area contributed by atoms with Gasteiger partial charge in [0.2, 0.25) is 0 Å². The van der Waals surface area contributed by atoms with Crippen LogP contribution in [0.25, 0.3) is 0 Å². The molecule has 2 aromatic rings. The van der Waals surface area contributed by atoms with Gasteiger partial charge in [0, 0.05) is 18.4 Å². The number of rotatable bonds is 3. The van der Waals surface area contributed by atoms with E-state index in [4.69, 9.17) is 4.42 Å². The molecule has 1 aromatic heterocycles. The fourth-order valence-electron chi connectivity index (χ4n) is 1.66. The summed E-state index contributed by atoms with van der Waals surface area (Å²) in [7, 11) is 0. The van der Waals surface area contributed by atoms with E-state index in [1.54, 1.807) is 0 Å². The van der Waals surface area contributed by atoms with Crippen LogP contribution in [-0.2, 0) is 6.42 Å². The Hall–Kier alpha value is -1.94. The third-order valence-electron chi connectivity index (χ3n) is 2.53. The van der Waals surface area contributed by atoms with Crippen molar-refractivity contribution in [2.45, 2.75) is 26.2 Å². The monoisotopic (exact) mass is 224 g/mol. The third kappa shape index (κ3) is 3.85.